The molecule has 3 rings (SSSR count). The first kappa shape index (κ1) is 25.0. The lowest BCUT2D eigenvalue weighted by molar-refractivity contribution is -0.137. The average molecular weight is 470 g/mol. The fourth-order valence-electron chi connectivity index (χ4n) is 3.82. The lowest BCUT2D eigenvalue weighted by Crippen LogP contribution is -2.09. The molecule has 0 aliphatic carbocycles. The van der Waals surface area contributed by atoms with Crippen molar-refractivity contribution in [3.05, 3.63) is 71.5 Å². The Morgan fingerprint density at radius 1 is 1.18 bits per heavy atom. The van der Waals surface area contributed by atoms with Crippen molar-refractivity contribution in [1.29, 1.82) is 5.26 Å². The van der Waals surface area contributed by atoms with Gasteiger partial charge in [0.05, 0.1) is 24.9 Å². The van der Waals surface area contributed by atoms with E-state index in [1.807, 2.05) is 31.2 Å². The fraction of sp³-hybridized carbons (Fsp3) is 0.346. The van der Waals surface area contributed by atoms with Crippen LogP contribution >= 0.6 is 0 Å². The maximum Gasteiger partial charge on any atom is 0.416 e. The lowest BCUT2D eigenvalue weighted by Gasteiger charge is -2.15. The Morgan fingerprint density at radius 2 is 1.88 bits per heavy atom. The van der Waals surface area contributed by atoms with Gasteiger partial charge in [-0.2, -0.15) is 18.4 Å². The predicted octanol–water partition coefficient (Wildman–Crippen LogP) is 6.26. The highest BCUT2D eigenvalue weighted by atomic mass is 19.4. The first-order valence-electron chi connectivity index (χ1n) is 11.0. The highest BCUT2D eigenvalue weighted by molar-refractivity contribution is 5.75. The van der Waals surface area contributed by atoms with Crippen molar-refractivity contribution in [2.75, 3.05) is 6.61 Å². The third kappa shape index (κ3) is 6.47. The van der Waals surface area contributed by atoms with Gasteiger partial charge in [-0.1, -0.05) is 37.3 Å². The number of nitrogens with zero attached hydrogens (tertiary/aromatic N) is 3. The van der Waals surface area contributed by atoms with Gasteiger partial charge in [-0.15, -0.1) is 0 Å². The van der Waals surface area contributed by atoms with E-state index in [0.29, 0.717) is 41.8 Å². The first-order valence-corrected chi connectivity index (χ1v) is 11.0. The molecule has 34 heavy (non-hydrogen) atoms. The summed E-state index contributed by atoms with van der Waals surface area (Å²) in [6, 6.07) is 14.2. The number of para-hydroxylation sites is 1. The molecule has 0 aliphatic heterocycles. The van der Waals surface area contributed by atoms with E-state index in [9.17, 15) is 23.2 Å². The smallest absolute Gasteiger partial charge is 0.416 e. The Labute approximate surface area is 196 Å². The molecule has 0 amide bonds. The predicted molar refractivity (Wildman–Crippen MR) is 122 cm³/mol. The van der Waals surface area contributed by atoms with Crippen LogP contribution in [-0.2, 0) is 17.5 Å². The number of ketones is 1. The van der Waals surface area contributed by atoms with E-state index >= 15 is 0 Å². The van der Waals surface area contributed by atoms with Crippen LogP contribution in [-0.4, -0.2) is 21.9 Å². The molecule has 0 bridgehead atoms. The summed E-state index contributed by atoms with van der Waals surface area (Å²) in [6.07, 6.45) is -0.784. The molecule has 0 saturated carbocycles. The summed E-state index contributed by atoms with van der Waals surface area (Å²) >= 11 is 0. The largest absolute Gasteiger partial charge is 0.493 e. The van der Waals surface area contributed by atoms with Gasteiger partial charge in [-0.25, -0.2) is 4.98 Å². The summed E-state index contributed by atoms with van der Waals surface area (Å²) in [5.41, 5.74) is 0.850. The second kappa shape index (κ2) is 11.0. The van der Waals surface area contributed by atoms with Gasteiger partial charge >= 0.3 is 6.18 Å². The third-order valence-electron chi connectivity index (χ3n) is 5.48. The van der Waals surface area contributed by atoms with E-state index in [1.54, 1.807) is 11.5 Å². The molecule has 0 N–H and O–H groups in total. The second-order valence-electron chi connectivity index (χ2n) is 8.35. The first-order chi connectivity index (χ1) is 16.2. The van der Waals surface area contributed by atoms with Gasteiger partial charge in [-0.3, -0.25) is 0 Å². The van der Waals surface area contributed by atoms with Crippen molar-refractivity contribution in [3.8, 4) is 23.2 Å². The fourth-order valence-corrected chi connectivity index (χ4v) is 3.82. The van der Waals surface area contributed by atoms with Crippen molar-refractivity contribution >= 4 is 5.78 Å². The van der Waals surface area contributed by atoms with Gasteiger partial charge < -0.3 is 14.1 Å². The minimum Gasteiger partial charge on any atom is -0.493 e. The van der Waals surface area contributed by atoms with Crippen LogP contribution < -0.4 is 4.74 Å². The molecule has 5 nitrogen and oxygen atoms in total. The molecule has 0 radical (unpaired) electrons. The molecular weight excluding hydrogens is 443 g/mol. The number of benzene rings is 2. The summed E-state index contributed by atoms with van der Waals surface area (Å²) in [5, 5.41) is 9.55. The van der Waals surface area contributed by atoms with Gasteiger partial charge in [0.1, 0.15) is 29.1 Å². The molecule has 1 atom stereocenters. The minimum atomic E-state index is -4.42. The zero-order chi connectivity index (χ0) is 24.7. The number of carbonyl (C=O) groups excluding carboxylic acids is 1. The second-order valence-corrected chi connectivity index (χ2v) is 8.35. The molecule has 0 fully saturated rings. The highest BCUT2D eigenvalue weighted by Crippen LogP contribution is 2.31. The maximum absolute atomic E-state index is 12.9. The quantitative estimate of drug-likeness (QED) is 0.329. The van der Waals surface area contributed by atoms with Crippen molar-refractivity contribution in [2.24, 2.45) is 5.92 Å². The Bertz CT molecular complexity index is 1160. The number of hydrogen-bond acceptors (Lipinski definition) is 4. The Hall–Kier alpha value is -3.60. The average Bonchev–Trinajstić information content (AvgIpc) is 3.19. The van der Waals surface area contributed by atoms with E-state index in [-0.39, 0.29) is 12.3 Å². The number of Topliss-reactive ketones (excluding diaryl/α,β-unsaturated/α-hetero) is 1. The van der Waals surface area contributed by atoms with Crippen LogP contribution in [0.5, 0.6) is 5.75 Å². The normalized spacial score (nSPS) is 12.2. The molecule has 0 unspecified atom stereocenters. The molecule has 1 aromatic heterocycles. The summed E-state index contributed by atoms with van der Waals surface area (Å²) in [5.74, 6) is 1.54. The standard InChI is InChI=1S/C26H26F3N3O2/c1-18(14-19(2)33)6-5-13-34-24-8-4-3-7-21(24)17-32-23(15-30)16-31-25(32)20-9-11-22(12-10-20)26(27,28)29/h3-4,7-12,16,18H,5-6,13-14,17H2,1-2H3/t18-/m1/s1. The van der Waals surface area contributed by atoms with Gasteiger partial charge in [0.25, 0.3) is 0 Å². The molecule has 2 aromatic carbocycles. The van der Waals surface area contributed by atoms with Crippen LogP contribution in [0.15, 0.2) is 54.7 Å². The van der Waals surface area contributed by atoms with Crippen LogP contribution in [0, 0.1) is 17.2 Å². The number of aromatic nitrogens is 2. The van der Waals surface area contributed by atoms with Gasteiger partial charge in [0, 0.05) is 17.5 Å². The van der Waals surface area contributed by atoms with Crippen LogP contribution in [0.25, 0.3) is 11.4 Å². The van der Waals surface area contributed by atoms with E-state index in [2.05, 4.69) is 11.1 Å². The molecule has 1 heterocycles. The van der Waals surface area contributed by atoms with Crippen LogP contribution in [0.2, 0.25) is 0 Å². The van der Waals surface area contributed by atoms with Gasteiger partial charge in [-0.05, 0) is 43.9 Å². The van der Waals surface area contributed by atoms with Crippen LogP contribution in [0.1, 0.15) is 49.9 Å². The molecule has 3 aromatic rings. The molecule has 178 valence electrons. The van der Waals surface area contributed by atoms with E-state index < -0.39 is 11.7 Å². The summed E-state index contributed by atoms with van der Waals surface area (Å²) in [6.45, 7) is 4.39. The van der Waals surface area contributed by atoms with Crippen LogP contribution in [0.3, 0.4) is 0 Å². The number of ether oxygens (including phenoxy) is 1. The molecular formula is C26H26F3N3O2. The van der Waals surface area contributed by atoms with Crippen molar-refractivity contribution in [1.82, 2.24) is 9.55 Å². The molecule has 0 saturated heterocycles. The summed E-state index contributed by atoms with van der Waals surface area (Å²) in [7, 11) is 0. The van der Waals surface area contributed by atoms with Crippen molar-refractivity contribution in [2.45, 2.75) is 45.8 Å². The SMILES string of the molecule is CC(=O)C[C@H](C)CCCOc1ccccc1Cn1c(C#N)cnc1-c1ccc(C(F)(F)F)cc1. The maximum atomic E-state index is 12.9. The van der Waals surface area contributed by atoms with Crippen LogP contribution in [0.4, 0.5) is 13.2 Å². The number of hydrogen-bond donors (Lipinski definition) is 0. The van der Waals surface area contributed by atoms with E-state index in [1.165, 1.54) is 18.3 Å². The summed E-state index contributed by atoms with van der Waals surface area (Å²) in [4.78, 5) is 15.5. The monoisotopic (exact) mass is 469 g/mol. The minimum absolute atomic E-state index is 0.177. The Balaban J connectivity index is 1.77. The zero-order valence-electron chi connectivity index (χ0n) is 19.1. The number of halogens is 3. The van der Waals surface area contributed by atoms with Crippen molar-refractivity contribution in [3.63, 3.8) is 0 Å². The van der Waals surface area contributed by atoms with Gasteiger partial charge in [0.2, 0.25) is 0 Å². The molecule has 0 spiro atoms. The summed E-state index contributed by atoms with van der Waals surface area (Å²) < 4.78 is 46.4. The highest BCUT2D eigenvalue weighted by Gasteiger charge is 2.30. The number of nitriles is 1. The molecule has 8 heteroatoms. The van der Waals surface area contributed by atoms with E-state index in [0.717, 1.165) is 30.5 Å². The lowest BCUT2D eigenvalue weighted by atomic mass is 10.00. The third-order valence-corrected chi connectivity index (χ3v) is 5.48. The molecule has 0 aliphatic rings. The number of alkyl halides is 3. The van der Waals surface area contributed by atoms with E-state index in [4.69, 9.17) is 4.74 Å². The number of imidazole rings is 1. The topological polar surface area (TPSA) is 67.9 Å². The van der Waals surface area contributed by atoms with Crippen molar-refractivity contribution < 1.29 is 22.7 Å². The number of carbonyl (C=O) groups is 1. The number of rotatable bonds is 10. The van der Waals surface area contributed by atoms with Gasteiger partial charge in [0.15, 0.2) is 0 Å². The Kier molecular flexibility index (Phi) is 8.11. The Morgan fingerprint density at radius 3 is 2.53 bits per heavy atom. The zero-order valence-corrected chi connectivity index (χ0v) is 19.1.